The molecule has 0 radical (unpaired) electrons. The number of carboxylic acid groups (broad SMARTS) is 1. The van der Waals surface area contributed by atoms with Crippen molar-refractivity contribution in [2.45, 2.75) is 26.3 Å². The van der Waals surface area contributed by atoms with Gasteiger partial charge in [-0.1, -0.05) is 13.8 Å². The zero-order chi connectivity index (χ0) is 16.3. The summed E-state index contributed by atoms with van der Waals surface area (Å²) in [6.07, 6.45) is 2.72. The Morgan fingerprint density at radius 2 is 2.00 bits per heavy atom. The van der Waals surface area contributed by atoms with Crippen molar-refractivity contribution in [3.8, 4) is 0 Å². The molecule has 118 valence electrons. The molecule has 2 rings (SSSR count). The minimum Gasteiger partial charge on any atom is -0.476 e. The van der Waals surface area contributed by atoms with Gasteiger partial charge in [0.15, 0.2) is 5.69 Å². The number of nitrogens with zero attached hydrogens (tertiary/aromatic N) is 3. The molecular weight excluding hydrogens is 288 g/mol. The number of aromatic nitrogens is 2. The quantitative estimate of drug-likeness (QED) is 0.819. The first kappa shape index (κ1) is 15.9. The van der Waals surface area contributed by atoms with Crippen LogP contribution in [-0.4, -0.2) is 56.9 Å². The molecule has 2 amide bonds. The van der Waals surface area contributed by atoms with E-state index in [1.165, 1.54) is 4.90 Å². The van der Waals surface area contributed by atoms with E-state index in [4.69, 9.17) is 5.11 Å². The molecule has 0 aromatic carbocycles. The standard InChI is InChI=1S/C14H18N4O4/c1-8(2)5-11-12(19)15-3-4-18(11)13(20)9-6-17-10(7-16-9)14(21)22/h6-8,11H,3-5H2,1-2H3,(H,15,19)(H,21,22). The van der Waals surface area contributed by atoms with Crippen molar-refractivity contribution in [3.05, 3.63) is 23.8 Å². The van der Waals surface area contributed by atoms with E-state index in [2.05, 4.69) is 15.3 Å². The molecule has 1 saturated heterocycles. The van der Waals surface area contributed by atoms with Gasteiger partial charge in [-0.05, 0) is 12.3 Å². The first-order valence-electron chi connectivity index (χ1n) is 7.04. The predicted octanol–water partition coefficient (Wildman–Crippen LogP) is 0.161. The van der Waals surface area contributed by atoms with Gasteiger partial charge in [-0.2, -0.15) is 0 Å². The average Bonchev–Trinajstić information content (AvgIpc) is 2.48. The lowest BCUT2D eigenvalue weighted by atomic mass is 10.00. The number of hydrogen-bond acceptors (Lipinski definition) is 5. The molecule has 22 heavy (non-hydrogen) atoms. The van der Waals surface area contributed by atoms with Crippen LogP contribution in [0.25, 0.3) is 0 Å². The first-order chi connectivity index (χ1) is 10.4. The summed E-state index contributed by atoms with van der Waals surface area (Å²) in [5.74, 6) is -1.54. The van der Waals surface area contributed by atoms with E-state index in [1.807, 2.05) is 13.8 Å². The Morgan fingerprint density at radius 3 is 2.55 bits per heavy atom. The van der Waals surface area contributed by atoms with Crippen LogP contribution in [0.4, 0.5) is 0 Å². The molecule has 1 fully saturated rings. The molecule has 0 aliphatic carbocycles. The fourth-order valence-electron chi connectivity index (χ4n) is 2.33. The third kappa shape index (κ3) is 3.38. The third-order valence-electron chi connectivity index (χ3n) is 3.38. The van der Waals surface area contributed by atoms with Gasteiger partial charge in [0.05, 0.1) is 12.4 Å². The number of nitrogens with one attached hydrogen (secondary N) is 1. The second kappa shape index (κ2) is 6.50. The van der Waals surface area contributed by atoms with Crippen molar-refractivity contribution in [3.63, 3.8) is 0 Å². The summed E-state index contributed by atoms with van der Waals surface area (Å²) in [5.41, 5.74) is -0.194. The Bertz CT molecular complexity index is 585. The maximum absolute atomic E-state index is 12.5. The highest BCUT2D eigenvalue weighted by Gasteiger charge is 2.34. The summed E-state index contributed by atoms with van der Waals surface area (Å²) in [6, 6.07) is -0.540. The summed E-state index contributed by atoms with van der Waals surface area (Å²) in [4.78, 5) is 44.3. The van der Waals surface area contributed by atoms with Crippen LogP contribution in [0.1, 0.15) is 41.2 Å². The van der Waals surface area contributed by atoms with Crippen molar-refractivity contribution < 1.29 is 19.5 Å². The van der Waals surface area contributed by atoms with Gasteiger partial charge in [-0.15, -0.1) is 0 Å². The monoisotopic (exact) mass is 306 g/mol. The number of carboxylic acids is 1. The second-order valence-corrected chi connectivity index (χ2v) is 5.53. The normalized spacial score (nSPS) is 18.2. The van der Waals surface area contributed by atoms with E-state index in [9.17, 15) is 14.4 Å². The molecule has 1 aromatic rings. The van der Waals surface area contributed by atoms with E-state index in [0.29, 0.717) is 19.5 Å². The van der Waals surface area contributed by atoms with Gasteiger partial charge in [0, 0.05) is 13.1 Å². The van der Waals surface area contributed by atoms with Crippen LogP contribution >= 0.6 is 0 Å². The molecule has 2 heterocycles. The molecule has 1 atom stereocenters. The van der Waals surface area contributed by atoms with Gasteiger partial charge in [0.2, 0.25) is 5.91 Å². The smallest absolute Gasteiger partial charge is 0.356 e. The molecule has 8 nitrogen and oxygen atoms in total. The van der Waals surface area contributed by atoms with E-state index < -0.39 is 17.9 Å². The van der Waals surface area contributed by atoms with Crippen molar-refractivity contribution in [2.24, 2.45) is 5.92 Å². The highest BCUT2D eigenvalue weighted by atomic mass is 16.4. The van der Waals surface area contributed by atoms with Crippen LogP contribution in [0.3, 0.4) is 0 Å². The van der Waals surface area contributed by atoms with Crippen LogP contribution in [0, 0.1) is 5.92 Å². The maximum Gasteiger partial charge on any atom is 0.356 e. The summed E-state index contributed by atoms with van der Waals surface area (Å²) in [7, 11) is 0. The Morgan fingerprint density at radius 1 is 1.36 bits per heavy atom. The molecule has 8 heteroatoms. The Kier molecular flexibility index (Phi) is 4.69. The van der Waals surface area contributed by atoms with Crippen LogP contribution in [0.5, 0.6) is 0 Å². The highest BCUT2D eigenvalue weighted by Crippen LogP contribution is 2.16. The number of carbonyl (C=O) groups excluding carboxylic acids is 2. The number of aromatic carboxylic acids is 1. The van der Waals surface area contributed by atoms with Crippen LogP contribution in [0.15, 0.2) is 12.4 Å². The summed E-state index contributed by atoms with van der Waals surface area (Å²) in [5, 5.41) is 11.5. The maximum atomic E-state index is 12.5. The van der Waals surface area contributed by atoms with Gasteiger partial charge in [-0.3, -0.25) is 9.59 Å². The second-order valence-electron chi connectivity index (χ2n) is 5.53. The minimum absolute atomic E-state index is 0.0356. The highest BCUT2D eigenvalue weighted by molar-refractivity contribution is 5.97. The zero-order valence-corrected chi connectivity index (χ0v) is 12.4. The lowest BCUT2D eigenvalue weighted by Crippen LogP contribution is -2.57. The fourth-order valence-corrected chi connectivity index (χ4v) is 2.33. The van der Waals surface area contributed by atoms with Gasteiger partial charge < -0.3 is 15.3 Å². The molecule has 1 aromatic heterocycles. The lowest BCUT2D eigenvalue weighted by Gasteiger charge is -2.35. The Labute approximate surface area is 127 Å². The third-order valence-corrected chi connectivity index (χ3v) is 3.38. The summed E-state index contributed by atoms with van der Waals surface area (Å²) < 4.78 is 0. The predicted molar refractivity (Wildman–Crippen MR) is 76.3 cm³/mol. The van der Waals surface area contributed by atoms with E-state index in [0.717, 1.165) is 12.4 Å². The number of carbonyl (C=O) groups is 3. The average molecular weight is 306 g/mol. The van der Waals surface area contributed by atoms with Crippen molar-refractivity contribution in [2.75, 3.05) is 13.1 Å². The van der Waals surface area contributed by atoms with Gasteiger partial charge in [-0.25, -0.2) is 14.8 Å². The number of hydrogen-bond donors (Lipinski definition) is 2. The molecule has 2 N–H and O–H groups in total. The number of rotatable bonds is 4. The van der Waals surface area contributed by atoms with Gasteiger partial charge in [0.1, 0.15) is 11.7 Å². The molecule has 1 unspecified atom stereocenters. The van der Waals surface area contributed by atoms with Crippen molar-refractivity contribution in [1.82, 2.24) is 20.2 Å². The fraction of sp³-hybridized carbons (Fsp3) is 0.500. The van der Waals surface area contributed by atoms with Crippen LogP contribution < -0.4 is 5.32 Å². The van der Waals surface area contributed by atoms with Crippen LogP contribution in [-0.2, 0) is 4.79 Å². The van der Waals surface area contributed by atoms with E-state index >= 15 is 0 Å². The molecule has 1 aliphatic heterocycles. The Hall–Kier alpha value is -2.51. The SMILES string of the molecule is CC(C)CC1C(=O)NCCN1C(=O)c1cnc(C(=O)O)cn1. The number of piperazine rings is 1. The first-order valence-corrected chi connectivity index (χ1v) is 7.04. The number of amides is 2. The molecule has 0 bridgehead atoms. The Balaban J connectivity index is 2.21. The largest absolute Gasteiger partial charge is 0.476 e. The summed E-state index contributed by atoms with van der Waals surface area (Å²) in [6.45, 7) is 4.74. The molecule has 0 spiro atoms. The van der Waals surface area contributed by atoms with Crippen molar-refractivity contribution in [1.29, 1.82) is 0 Å². The van der Waals surface area contributed by atoms with Crippen LogP contribution in [0.2, 0.25) is 0 Å². The zero-order valence-electron chi connectivity index (χ0n) is 12.4. The van der Waals surface area contributed by atoms with E-state index in [-0.39, 0.29) is 23.2 Å². The topological polar surface area (TPSA) is 112 Å². The minimum atomic E-state index is -1.21. The molecule has 0 saturated carbocycles. The van der Waals surface area contributed by atoms with Crippen molar-refractivity contribution >= 4 is 17.8 Å². The summed E-state index contributed by atoms with van der Waals surface area (Å²) >= 11 is 0. The van der Waals surface area contributed by atoms with Gasteiger partial charge in [0.25, 0.3) is 5.91 Å². The van der Waals surface area contributed by atoms with E-state index in [1.54, 1.807) is 0 Å². The molecular formula is C14H18N4O4. The molecule has 1 aliphatic rings. The van der Waals surface area contributed by atoms with Gasteiger partial charge >= 0.3 is 5.97 Å². The lowest BCUT2D eigenvalue weighted by molar-refractivity contribution is -0.128.